The summed E-state index contributed by atoms with van der Waals surface area (Å²) in [5.74, 6) is 1.60. The molecule has 0 radical (unpaired) electrons. The topological polar surface area (TPSA) is 45.4 Å². The Labute approximate surface area is 125 Å². The van der Waals surface area contributed by atoms with Crippen LogP contribution in [0.1, 0.15) is 67.5 Å². The summed E-state index contributed by atoms with van der Waals surface area (Å²) in [5, 5.41) is 21.4. The molecule has 0 spiro atoms. The molecule has 112 valence electrons. The average Bonchev–Trinajstić information content (AvgIpc) is 3.18. The molecule has 1 aromatic rings. The summed E-state index contributed by atoms with van der Waals surface area (Å²) in [5.41, 5.74) is 1.92. The van der Waals surface area contributed by atoms with Gasteiger partial charge in [-0.3, -0.25) is 4.57 Å². The smallest absolute Gasteiger partial charge is 0.198 e. The molecule has 3 unspecified atom stereocenters. The van der Waals surface area contributed by atoms with Crippen LogP contribution < -0.4 is 0 Å². The molecule has 0 saturated heterocycles. The van der Waals surface area contributed by atoms with Gasteiger partial charge in [0.25, 0.3) is 0 Å². The SMILES string of the molecule is C=CC(C1CCCCC1)n1c(O)c2c(c1O)C1C=CC2C1. The van der Waals surface area contributed by atoms with E-state index in [1.807, 2.05) is 6.08 Å². The van der Waals surface area contributed by atoms with Crippen molar-refractivity contribution in [3.8, 4) is 11.8 Å². The Morgan fingerprint density at radius 2 is 1.62 bits per heavy atom. The fourth-order valence-electron chi connectivity index (χ4n) is 4.73. The van der Waals surface area contributed by atoms with Gasteiger partial charge in [-0.2, -0.15) is 0 Å². The normalized spacial score (nSPS) is 28.8. The molecule has 3 heteroatoms. The molecule has 1 fully saturated rings. The minimum Gasteiger partial charge on any atom is -0.494 e. The molecule has 2 bridgehead atoms. The molecule has 3 aliphatic carbocycles. The third-order valence-electron chi connectivity index (χ3n) is 5.73. The van der Waals surface area contributed by atoms with E-state index >= 15 is 0 Å². The zero-order chi connectivity index (χ0) is 14.6. The van der Waals surface area contributed by atoms with E-state index in [4.69, 9.17) is 0 Å². The number of aromatic hydroxyl groups is 2. The van der Waals surface area contributed by atoms with Gasteiger partial charge in [0, 0.05) is 23.0 Å². The van der Waals surface area contributed by atoms with Crippen molar-refractivity contribution < 1.29 is 10.2 Å². The van der Waals surface area contributed by atoms with E-state index < -0.39 is 0 Å². The monoisotopic (exact) mass is 285 g/mol. The van der Waals surface area contributed by atoms with Crippen LogP contribution >= 0.6 is 0 Å². The number of hydrogen-bond acceptors (Lipinski definition) is 2. The van der Waals surface area contributed by atoms with Gasteiger partial charge in [0.2, 0.25) is 0 Å². The summed E-state index contributed by atoms with van der Waals surface area (Å²) in [6.45, 7) is 3.97. The van der Waals surface area contributed by atoms with Gasteiger partial charge in [0.05, 0.1) is 6.04 Å². The van der Waals surface area contributed by atoms with Crippen LogP contribution in [0.3, 0.4) is 0 Å². The Morgan fingerprint density at radius 3 is 2.14 bits per heavy atom. The van der Waals surface area contributed by atoms with Gasteiger partial charge in [0.1, 0.15) is 0 Å². The summed E-state index contributed by atoms with van der Waals surface area (Å²) in [4.78, 5) is 0. The van der Waals surface area contributed by atoms with Gasteiger partial charge in [-0.25, -0.2) is 0 Å². The molecule has 21 heavy (non-hydrogen) atoms. The maximum atomic E-state index is 10.7. The second kappa shape index (κ2) is 4.69. The summed E-state index contributed by atoms with van der Waals surface area (Å²) >= 11 is 0. The molecule has 0 amide bonds. The van der Waals surface area contributed by atoms with Gasteiger partial charge < -0.3 is 10.2 Å². The second-order valence-corrected chi connectivity index (χ2v) is 6.80. The first-order chi connectivity index (χ1) is 10.2. The zero-order valence-corrected chi connectivity index (χ0v) is 12.3. The first-order valence-corrected chi connectivity index (χ1v) is 8.19. The summed E-state index contributed by atoms with van der Waals surface area (Å²) in [7, 11) is 0. The minimum atomic E-state index is 0.00954. The van der Waals surface area contributed by atoms with Crippen LogP contribution in [-0.2, 0) is 0 Å². The lowest BCUT2D eigenvalue weighted by molar-refractivity contribution is 0.249. The highest BCUT2D eigenvalue weighted by atomic mass is 16.3. The lowest BCUT2D eigenvalue weighted by atomic mass is 9.83. The van der Waals surface area contributed by atoms with Crippen LogP contribution in [0.25, 0.3) is 0 Å². The fourth-order valence-corrected chi connectivity index (χ4v) is 4.73. The molecular weight excluding hydrogens is 262 g/mol. The van der Waals surface area contributed by atoms with Crippen LogP contribution in [0.2, 0.25) is 0 Å². The Kier molecular flexibility index (Phi) is 2.91. The van der Waals surface area contributed by atoms with Crippen molar-refractivity contribution in [3.05, 3.63) is 35.9 Å². The average molecular weight is 285 g/mol. The van der Waals surface area contributed by atoms with Crippen LogP contribution in [0.4, 0.5) is 0 Å². The summed E-state index contributed by atoms with van der Waals surface area (Å²) < 4.78 is 1.75. The number of fused-ring (bicyclic) bond motifs is 5. The van der Waals surface area contributed by atoms with Crippen LogP contribution in [0, 0.1) is 5.92 Å². The zero-order valence-electron chi connectivity index (χ0n) is 12.3. The van der Waals surface area contributed by atoms with Gasteiger partial charge in [-0.15, -0.1) is 6.58 Å². The highest BCUT2D eigenvalue weighted by molar-refractivity contribution is 5.59. The van der Waals surface area contributed by atoms with E-state index in [1.54, 1.807) is 4.57 Å². The lowest BCUT2D eigenvalue weighted by Crippen LogP contribution is -2.20. The van der Waals surface area contributed by atoms with Gasteiger partial charge in [-0.05, 0) is 25.2 Å². The Morgan fingerprint density at radius 1 is 1.05 bits per heavy atom. The molecule has 3 atom stereocenters. The largest absolute Gasteiger partial charge is 0.494 e. The molecule has 1 heterocycles. The Balaban J connectivity index is 1.77. The third kappa shape index (κ3) is 1.73. The molecule has 0 aromatic carbocycles. The fraction of sp³-hybridized carbons (Fsp3) is 0.556. The second-order valence-electron chi connectivity index (χ2n) is 6.80. The van der Waals surface area contributed by atoms with Crippen molar-refractivity contribution in [2.75, 3.05) is 0 Å². The van der Waals surface area contributed by atoms with E-state index in [1.165, 1.54) is 19.3 Å². The van der Waals surface area contributed by atoms with E-state index in [2.05, 4.69) is 18.7 Å². The van der Waals surface area contributed by atoms with Crippen molar-refractivity contribution in [1.29, 1.82) is 0 Å². The lowest BCUT2D eigenvalue weighted by Gasteiger charge is -2.30. The first-order valence-electron chi connectivity index (χ1n) is 8.19. The Hall–Kier alpha value is -1.64. The summed E-state index contributed by atoms with van der Waals surface area (Å²) in [6, 6.07) is 0.00954. The number of rotatable bonds is 3. The van der Waals surface area contributed by atoms with Crippen LogP contribution in [0.15, 0.2) is 24.8 Å². The molecule has 3 aliphatic rings. The van der Waals surface area contributed by atoms with E-state index in [0.717, 1.165) is 30.4 Å². The van der Waals surface area contributed by atoms with Crippen LogP contribution in [0.5, 0.6) is 11.8 Å². The van der Waals surface area contributed by atoms with Gasteiger partial charge in [0.15, 0.2) is 11.8 Å². The molecule has 4 rings (SSSR count). The number of hydrogen-bond donors (Lipinski definition) is 2. The molecule has 1 saturated carbocycles. The molecule has 0 aliphatic heterocycles. The van der Waals surface area contributed by atoms with E-state index in [9.17, 15) is 10.2 Å². The van der Waals surface area contributed by atoms with Crippen molar-refractivity contribution >= 4 is 0 Å². The van der Waals surface area contributed by atoms with E-state index in [-0.39, 0.29) is 29.6 Å². The number of nitrogens with zero attached hydrogens (tertiary/aromatic N) is 1. The van der Waals surface area contributed by atoms with Crippen molar-refractivity contribution in [1.82, 2.24) is 4.57 Å². The maximum absolute atomic E-state index is 10.7. The molecule has 3 nitrogen and oxygen atoms in total. The summed E-state index contributed by atoms with van der Waals surface area (Å²) in [6.07, 6.45) is 13.3. The standard InChI is InChI=1S/C18H23NO2/c1-2-14(11-6-4-3-5-7-11)19-17(20)15-12-8-9-13(10-12)16(15)18(19)21/h2,8-9,11-14,20-21H,1,3-7,10H2. The predicted molar refractivity (Wildman–Crippen MR) is 82.8 cm³/mol. The van der Waals surface area contributed by atoms with Gasteiger partial charge in [-0.1, -0.05) is 37.5 Å². The Bertz CT molecular complexity index is 572. The quantitative estimate of drug-likeness (QED) is 0.811. The first kappa shape index (κ1) is 13.1. The minimum absolute atomic E-state index is 0.00954. The van der Waals surface area contributed by atoms with Gasteiger partial charge >= 0.3 is 0 Å². The van der Waals surface area contributed by atoms with Crippen LogP contribution in [-0.4, -0.2) is 14.8 Å². The predicted octanol–water partition coefficient (Wildman–Crippen LogP) is 4.35. The van der Waals surface area contributed by atoms with E-state index in [0.29, 0.717) is 5.92 Å². The highest BCUT2D eigenvalue weighted by Crippen LogP contribution is 2.57. The third-order valence-corrected chi connectivity index (χ3v) is 5.73. The highest BCUT2D eigenvalue weighted by Gasteiger charge is 2.42. The number of aromatic nitrogens is 1. The van der Waals surface area contributed by atoms with Crippen molar-refractivity contribution in [3.63, 3.8) is 0 Å². The molecule has 2 N–H and O–H groups in total. The molecule has 1 aromatic heterocycles. The van der Waals surface area contributed by atoms with Crippen molar-refractivity contribution in [2.24, 2.45) is 5.92 Å². The maximum Gasteiger partial charge on any atom is 0.198 e. The number of allylic oxidation sites excluding steroid dienone is 3. The molecular formula is C18H23NO2. The van der Waals surface area contributed by atoms with Crippen molar-refractivity contribution in [2.45, 2.75) is 56.4 Å².